The zero-order chi connectivity index (χ0) is 23.8. The first-order valence-electron chi connectivity index (χ1n) is 11.0. The van der Waals surface area contributed by atoms with E-state index in [1.807, 2.05) is 20.9 Å². The molecule has 0 aliphatic rings. The van der Waals surface area contributed by atoms with Crippen molar-refractivity contribution in [2.24, 2.45) is 10.8 Å². The Morgan fingerprint density at radius 1 is 1.19 bits per heavy atom. The van der Waals surface area contributed by atoms with E-state index < -0.39 is 5.91 Å². The number of likely N-dealkylation sites (N-methyl/N-ethyl adjacent to an activating group) is 1. The van der Waals surface area contributed by atoms with Crippen LogP contribution in [0.4, 0.5) is 11.6 Å². The van der Waals surface area contributed by atoms with Crippen molar-refractivity contribution in [2.75, 3.05) is 43.6 Å². The predicted molar refractivity (Wildman–Crippen MR) is 130 cm³/mol. The lowest BCUT2D eigenvalue weighted by atomic mass is 10.2. The summed E-state index contributed by atoms with van der Waals surface area (Å²) in [6.45, 7) is 11.0. The van der Waals surface area contributed by atoms with Crippen molar-refractivity contribution in [2.45, 2.75) is 40.5 Å². The van der Waals surface area contributed by atoms with Crippen LogP contribution in [0.15, 0.2) is 29.4 Å². The second-order valence-electron chi connectivity index (χ2n) is 6.53. The molecule has 10 nitrogen and oxygen atoms in total. The minimum absolute atomic E-state index is 0.254. The van der Waals surface area contributed by atoms with E-state index in [0.717, 1.165) is 25.9 Å². The number of benzene rings is 1. The highest BCUT2D eigenvalue weighted by Crippen LogP contribution is 2.14. The SMILES string of the molecule is CC.CCCN(CCC)c1nc(/C=N/Nc2cccc(C(N)=O)c2)nc(OCCNC)n1. The van der Waals surface area contributed by atoms with Crippen LogP contribution in [-0.4, -0.2) is 60.4 Å². The van der Waals surface area contributed by atoms with E-state index in [4.69, 9.17) is 10.5 Å². The van der Waals surface area contributed by atoms with Crippen molar-refractivity contribution in [3.63, 3.8) is 0 Å². The molecule has 32 heavy (non-hydrogen) atoms. The Morgan fingerprint density at radius 3 is 2.53 bits per heavy atom. The van der Waals surface area contributed by atoms with Gasteiger partial charge < -0.3 is 20.7 Å². The fourth-order valence-electron chi connectivity index (χ4n) is 2.63. The van der Waals surface area contributed by atoms with Crippen LogP contribution in [0, 0.1) is 0 Å². The van der Waals surface area contributed by atoms with Crippen molar-refractivity contribution in [3.05, 3.63) is 35.7 Å². The summed E-state index contributed by atoms with van der Waals surface area (Å²) in [6.07, 6.45) is 3.44. The first-order valence-corrected chi connectivity index (χ1v) is 11.0. The van der Waals surface area contributed by atoms with Crippen LogP contribution < -0.4 is 26.1 Å². The van der Waals surface area contributed by atoms with Crippen LogP contribution in [0.3, 0.4) is 0 Å². The van der Waals surface area contributed by atoms with Gasteiger partial charge in [0.15, 0.2) is 5.82 Å². The Labute approximate surface area is 190 Å². The number of nitrogens with zero attached hydrogens (tertiary/aromatic N) is 5. The lowest BCUT2D eigenvalue weighted by Crippen LogP contribution is -2.28. The molecular weight excluding hydrogens is 408 g/mol. The highest BCUT2D eigenvalue weighted by atomic mass is 16.5. The van der Waals surface area contributed by atoms with Crippen molar-refractivity contribution in [1.29, 1.82) is 0 Å². The maximum atomic E-state index is 11.3. The van der Waals surface area contributed by atoms with Gasteiger partial charge in [-0.1, -0.05) is 33.8 Å². The summed E-state index contributed by atoms with van der Waals surface area (Å²) in [5.41, 5.74) is 9.19. The number of hydrazone groups is 1. The van der Waals surface area contributed by atoms with Gasteiger partial charge in [-0.2, -0.15) is 20.1 Å². The number of hydrogen-bond acceptors (Lipinski definition) is 9. The molecule has 0 radical (unpaired) electrons. The smallest absolute Gasteiger partial charge is 0.321 e. The van der Waals surface area contributed by atoms with Crippen LogP contribution >= 0.6 is 0 Å². The van der Waals surface area contributed by atoms with Gasteiger partial charge in [-0.15, -0.1) is 0 Å². The number of amides is 1. The fraction of sp³-hybridized carbons (Fsp3) is 0.500. The molecule has 2 aromatic rings. The lowest BCUT2D eigenvalue weighted by Gasteiger charge is -2.21. The van der Waals surface area contributed by atoms with Crippen LogP contribution in [0.1, 0.15) is 56.7 Å². The summed E-state index contributed by atoms with van der Waals surface area (Å²) in [7, 11) is 1.85. The molecule has 2 rings (SSSR count). The molecule has 0 atom stereocenters. The molecule has 0 bridgehead atoms. The zero-order valence-electron chi connectivity index (χ0n) is 19.8. The monoisotopic (exact) mass is 444 g/mol. The molecule has 176 valence electrons. The average Bonchev–Trinajstić information content (AvgIpc) is 2.80. The Balaban J connectivity index is 0.00000249. The maximum absolute atomic E-state index is 11.3. The van der Waals surface area contributed by atoms with E-state index in [-0.39, 0.29) is 6.01 Å². The largest absolute Gasteiger partial charge is 0.462 e. The van der Waals surface area contributed by atoms with E-state index in [2.05, 4.69) is 49.5 Å². The molecule has 0 fully saturated rings. The molecule has 0 unspecified atom stereocenters. The first-order chi connectivity index (χ1) is 15.6. The zero-order valence-corrected chi connectivity index (χ0v) is 19.8. The van der Waals surface area contributed by atoms with Gasteiger partial charge in [0.25, 0.3) is 0 Å². The quantitative estimate of drug-likeness (QED) is 0.244. The third-order valence-electron chi connectivity index (χ3n) is 3.99. The molecule has 4 N–H and O–H groups in total. The van der Waals surface area contributed by atoms with Crippen molar-refractivity contribution in [1.82, 2.24) is 20.3 Å². The highest BCUT2D eigenvalue weighted by Gasteiger charge is 2.13. The normalized spacial score (nSPS) is 10.4. The Morgan fingerprint density at radius 2 is 1.91 bits per heavy atom. The lowest BCUT2D eigenvalue weighted by molar-refractivity contribution is 0.100. The Kier molecular flexibility index (Phi) is 13.0. The van der Waals surface area contributed by atoms with Gasteiger partial charge in [0.2, 0.25) is 11.9 Å². The molecule has 1 aromatic carbocycles. The third kappa shape index (κ3) is 9.25. The number of ether oxygens (including phenoxy) is 1. The van der Waals surface area contributed by atoms with E-state index in [9.17, 15) is 4.79 Å². The summed E-state index contributed by atoms with van der Waals surface area (Å²) < 4.78 is 5.66. The minimum Gasteiger partial charge on any atom is -0.462 e. The van der Waals surface area contributed by atoms with E-state index in [1.54, 1.807) is 24.3 Å². The highest BCUT2D eigenvalue weighted by molar-refractivity contribution is 5.93. The molecule has 10 heteroatoms. The second-order valence-corrected chi connectivity index (χ2v) is 6.53. The number of primary amides is 1. The van der Waals surface area contributed by atoms with Gasteiger partial charge >= 0.3 is 6.01 Å². The Bertz CT molecular complexity index is 838. The van der Waals surface area contributed by atoms with Crippen LogP contribution in [0.5, 0.6) is 6.01 Å². The maximum Gasteiger partial charge on any atom is 0.321 e. The average molecular weight is 445 g/mol. The molecular formula is C22H36N8O2. The van der Waals surface area contributed by atoms with Gasteiger partial charge in [0.1, 0.15) is 6.61 Å². The predicted octanol–water partition coefficient (Wildman–Crippen LogP) is 2.67. The molecule has 0 saturated carbocycles. The van der Waals surface area contributed by atoms with E-state index in [1.165, 1.54) is 6.21 Å². The summed E-state index contributed by atoms with van der Waals surface area (Å²) in [5.74, 6) is 0.431. The standard InChI is InChI=1S/C20H30N8O2.C2H6/c1-4-10-28(11-5-2)19-24-17(25-20(26-19)30-12-9-22-3)14-23-27-16-8-6-7-15(13-16)18(21)29;1-2/h6-8,13-14,22,27H,4-5,9-12H2,1-3H3,(H2,21,29);1-2H3/b23-14+;. The summed E-state index contributed by atoms with van der Waals surface area (Å²) >= 11 is 0. The second kappa shape index (κ2) is 15.5. The molecule has 0 spiro atoms. The molecule has 1 aromatic heterocycles. The summed E-state index contributed by atoms with van der Waals surface area (Å²) in [6, 6.07) is 7.01. The minimum atomic E-state index is -0.500. The van der Waals surface area contributed by atoms with Crippen LogP contribution in [0.25, 0.3) is 0 Å². The van der Waals surface area contributed by atoms with Gasteiger partial charge in [-0.05, 0) is 38.1 Å². The Hall–Kier alpha value is -3.27. The van der Waals surface area contributed by atoms with Crippen LogP contribution in [-0.2, 0) is 0 Å². The number of carbonyl (C=O) groups excluding carboxylic acids is 1. The van der Waals surface area contributed by atoms with Gasteiger partial charge in [0, 0.05) is 25.2 Å². The third-order valence-corrected chi connectivity index (χ3v) is 3.99. The first kappa shape index (κ1) is 26.8. The topological polar surface area (TPSA) is 131 Å². The van der Waals surface area contributed by atoms with Crippen molar-refractivity contribution < 1.29 is 9.53 Å². The van der Waals surface area contributed by atoms with Gasteiger partial charge in [-0.3, -0.25) is 10.2 Å². The summed E-state index contributed by atoms with van der Waals surface area (Å²) in [4.78, 5) is 26.7. The van der Waals surface area contributed by atoms with Crippen molar-refractivity contribution in [3.8, 4) is 6.01 Å². The number of nitrogens with one attached hydrogen (secondary N) is 2. The van der Waals surface area contributed by atoms with Crippen molar-refractivity contribution >= 4 is 23.8 Å². The van der Waals surface area contributed by atoms with E-state index >= 15 is 0 Å². The van der Waals surface area contributed by atoms with E-state index in [0.29, 0.717) is 36.2 Å². The molecule has 0 aliphatic heterocycles. The van der Waals surface area contributed by atoms with Gasteiger partial charge in [-0.25, -0.2) is 0 Å². The number of nitrogens with two attached hydrogens (primary N) is 1. The number of rotatable bonds is 13. The molecule has 0 aliphatic carbocycles. The number of hydrogen-bond donors (Lipinski definition) is 3. The number of anilines is 2. The number of aromatic nitrogens is 3. The molecule has 0 saturated heterocycles. The fourth-order valence-corrected chi connectivity index (χ4v) is 2.63. The molecule has 1 heterocycles. The molecule has 1 amide bonds. The summed E-state index contributed by atoms with van der Waals surface area (Å²) in [5, 5.41) is 7.20. The van der Waals surface area contributed by atoms with Crippen LogP contribution in [0.2, 0.25) is 0 Å². The van der Waals surface area contributed by atoms with Gasteiger partial charge in [0.05, 0.1) is 11.9 Å². The number of carbonyl (C=O) groups is 1.